The molecule has 0 bridgehead atoms. The number of amides is 1. The highest BCUT2D eigenvalue weighted by molar-refractivity contribution is 5.85. The maximum Gasteiger partial charge on any atom is 0.250 e. The van der Waals surface area contributed by atoms with Gasteiger partial charge in [0.2, 0.25) is 5.91 Å². The van der Waals surface area contributed by atoms with Crippen molar-refractivity contribution in [1.29, 1.82) is 0 Å². The van der Waals surface area contributed by atoms with Crippen LogP contribution < -0.4 is 11.3 Å². The van der Waals surface area contributed by atoms with Crippen LogP contribution in [0.15, 0.2) is 59.5 Å². The van der Waals surface area contributed by atoms with Gasteiger partial charge in [-0.2, -0.15) is 0 Å². The van der Waals surface area contributed by atoms with Crippen molar-refractivity contribution in [1.82, 2.24) is 9.47 Å². The second-order valence-corrected chi connectivity index (χ2v) is 5.65. The maximum absolute atomic E-state index is 12.4. The number of aromatic nitrogens is 1. The third-order valence-corrected chi connectivity index (χ3v) is 4.15. The first-order valence-corrected chi connectivity index (χ1v) is 7.39. The third-order valence-electron chi connectivity index (χ3n) is 4.15. The topological polar surface area (TPSA) is 68.3 Å². The van der Waals surface area contributed by atoms with E-state index in [0.29, 0.717) is 13.1 Å². The van der Waals surface area contributed by atoms with E-state index in [9.17, 15) is 9.59 Å². The number of carbonyl (C=O) groups is 1. The maximum atomic E-state index is 12.4. The van der Waals surface area contributed by atoms with Gasteiger partial charge in [0.1, 0.15) is 6.54 Å². The fourth-order valence-corrected chi connectivity index (χ4v) is 2.92. The van der Waals surface area contributed by atoms with Gasteiger partial charge in [-0.25, -0.2) is 0 Å². The minimum Gasteiger partial charge on any atom is -0.339 e. The number of nitrogens with two attached hydrogens (primary N) is 1. The lowest BCUT2D eigenvalue weighted by Crippen LogP contribution is -2.36. The minimum atomic E-state index is -0.168. The van der Waals surface area contributed by atoms with Crippen molar-refractivity contribution in [2.24, 2.45) is 5.73 Å². The molecule has 1 aliphatic rings. The van der Waals surface area contributed by atoms with E-state index in [1.54, 1.807) is 23.2 Å². The van der Waals surface area contributed by atoms with Crippen molar-refractivity contribution < 1.29 is 4.79 Å². The summed E-state index contributed by atoms with van der Waals surface area (Å²) in [6, 6.07) is 14.8. The van der Waals surface area contributed by atoms with Gasteiger partial charge in [-0.15, -0.1) is 12.4 Å². The Balaban J connectivity index is 0.00000192. The van der Waals surface area contributed by atoms with Crippen molar-refractivity contribution in [3.8, 4) is 0 Å². The second-order valence-electron chi connectivity index (χ2n) is 5.65. The molecule has 1 aromatic carbocycles. The Hall–Kier alpha value is -2.11. The van der Waals surface area contributed by atoms with Crippen LogP contribution in [0.1, 0.15) is 11.5 Å². The van der Waals surface area contributed by atoms with Crippen LogP contribution >= 0.6 is 12.4 Å². The summed E-state index contributed by atoms with van der Waals surface area (Å²) in [6.07, 6.45) is 1.63. The number of benzene rings is 1. The summed E-state index contributed by atoms with van der Waals surface area (Å²) in [6.45, 7) is 1.19. The molecule has 1 fully saturated rings. The normalized spacial score (nSPS) is 20.1. The van der Waals surface area contributed by atoms with Crippen molar-refractivity contribution in [2.45, 2.75) is 18.5 Å². The second kappa shape index (κ2) is 7.44. The van der Waals surface area contributed by atoms with Crippen molar-refractivity contribution in [3.05, 3.63) is 70.6 Å². The number of halogens is 1. The number of likely N-dealkylation sites (tertiary alicyclic amines) is 1. The summed E-state index contributed by atoms with van der Waals surface area (Å²) in [7, 11) is 0. The van der Waals surface area contributed by atoms with Crippen molar-refractivity contribution in [3.63, 3.8) is 0 Å². The monoisotopic (exact) mass is 333 g/mol. The first-order valence-electron chi connectivity index (χ1n) is 7.39. The van der Waals surface area contributed by atoms with E-state index in [1.807, 2.05) is 30.3 Å². The zero-order valence-corrected chi connectivity index (χ0v) is 13.5. The molecule has 1 aromatic heterocycles. The molecule has 5 nitrogen and oxygen atoms in total. The predicted molar refractivity (Wildman–Crippen MR) is 91.7 cm³/mol. The van der Waals surface area contributed by atoms with Gasteiger partial charge >= 0.3 is 0 Å². The highest BCUT2D eigenvalue weighted by Gasteiger charge is 2.33. The van der Waals surface area contributed by atoms with Crippen molar-refractivity contribution >= 4 is 18.3 Å². The Bertz CT molecular complexity index is 717. The standard InChI is InChI=1S/C17H19N3O2.ClH/c18-15-11-20(10-14(15)13-6-2-1-3-7-13)17(22)12-19-9-5-4-8-16(19)21;/h1-9,14-15H,10-12,18H2;1H/t14-,15+;/m0./s1. The van der Waals surface area contributed by atoms with E-state index in [0.717, 1.165) is 5.56 Å². The largest absolute Gasteiger partial charge is 0.339 e. The molecule has 2 aromatic rings. The van der Waals surface area contributed by atoms with Gasteiger partial charge in [0, 0.05) is 37.3 Å². The molecular formula is C17H20ClN3O2. The molecule has 0 radical (unpaired) electrons. The molecular weight excluding hydrogens is 314 g/mol. The molecule has 0 spiro atoms. The van der Waals surface area contributed by atoms with E-state index in [4.69, 9.17) is 5.73 Å². The SMILES string of the molecule is Cl.N[C@@H]1CN(C(=O)Cn2ccccc2=O)C[C@H]1c1ccccc1. The average molecular weight is 334 g/mol. The quantitative estimate of drug-likeness (QED) is 0.918. The molecule has 2 heterocycles. The third kappa shape index (κ3) is 3.81. The number of carbonyl (C=O) groups excluding carboxylic acids is 1. The molecule has 2 N–H and O–H groups in total. The Labute approximate surface area is 141 Å². The Morgan fingerprint density at radius 2 is 1.78 bits per heavy atom. The van der Waals surface area contributed by atoms with Crippen LogP contribution in [0.3, 0.4) is 0 Å². The number of hydrogen-bond acceptors (Lipinski definition) is 3. The van der Waals surface area contributed by atoms with Crippen LogP contribution in [0, 0.1) is 0 Å². The number of rotatable bonds is 3. The van der Waals surface area contributed by atoms with E-state index < -0.39 is 0 Å². The van der Waals surface area contributed by atoms with Crippen molar-refractivity contribution in [2.75, 3.05) is 13.1 Å². The lowest BCUT2D eigenvalue weighted by atomic mass is 9.95. The van der Waals surface area contributed by atoms with Crippen LogP contribution in [0.2, 0.25) is 0 Å². The summed E-state index contributed by atoms with van der Waals surface area (Å²) in [5.41, 5.74) is 7.19. The lowest BCUT2D eigenvalue weighted by Gasteiger charge is -2.17. The van der Waals surface area contributed by atoms with E-state index in [1.165, 1.54) is 10.6 Å². The van der Waals surface area contributed by atoms with Crippen LogP contribution in [-0.2, 0) is 11.3 Å². The summed E-state index contributed by atoms with van der Waals surface area (Å²) in [5.74, 6) is 0.0832. The average Bonchev–Trinajstić information content (AvgIpc) is 2.92. The molecule has 6 heteroatoms. The highest BCUT2D eigenvalue weighted by atomic mass is 35.5. The molecule has 23 heavy (non-hydrogen) atoms. The Morgan fingerprint density at radius 1 is 1.09 bits per heavy atom. The van der Waals surface area contributed by atoms with Gasteiger partial charge < -0.3 is 15.2 Å². The molecule has 0 unspecified atom stereocenters. The van der Waals surface area contributed by atoms with E-state index in [2.05, 4.69) is 0 Å². The number of hydrogen-bond donors (Lipinski definition) is 1. The van der Waals surface area contributed by atoms with Gasteiger partial charge in [0.15, 0.2) is 0 Å². The van der Waals surface area contributed by atoms with Gasteiger partial charge in [-0.05, 0) is 11.6 Å². The highest BCUT2D eigenvalue weighted by Crippen LogP contribution is 2.26. The van der Waals surface area contributed by atoms with Crippen LogP contribution in [0.4, 0.5) is 0 Å². The fourth-order valence-electron chi connectivity index (χ4n) is 2.92. The first-order chi connectivity index (χ1) is 10.6. The summed E-state index contributed by atoms with van der Waals surface area (Å²) >= 11 is 0. The lowest BCUT2D eigenvalue weighted by molar-refractivity contribution is -0.130. The van der Waals surface area contributed by atoms with Crippen LogP contribution in [0.5, 0.6) is 0 Å². The molecule has 1 amide bonds. The molecule has 3 rings (SSSR count). The summed E-state index contributed by atoms with van der Waals surface area (Å²) < 4.78 is 1.42. The van der Waals surface area contributed by atoms with E-state index >= 15 is 0 Å². The smallest absolute Gasteiger partial charge is 0.250 e. The van der Waals surface area contributed by atoms with Crippen LogP contribution in [-0.4, -0.2) is 34.5 Å². The van der Waals surface area contributed by atoms with Crippen LogP contribution in [0.25, 0.3) is 0 Å². The molecule has 0 aliphatic carbocycles. The first kappa shape index (κ1) is 17.2. The molecule has 2 atom stereocenters. The molecule has 1 aliphatic heterocycles. The van der Waals surface area contributed by atoms with Gasteiger partial charge in [0.25, 0.3) is 5.56 Å². The summed E-state index contributed by atoms with van der Waals surface area (Å²) in [5, 5.41) is 0. The molecule has 0 saturated carbocycles. The number of nitrogens with zero attached hydrogens (tertiary/aromatic N) is 2. The number of pyridine rings is 1. The minimum absolute atomic E-state index is 0. The van der Waals surface area contributed by atoms with Gasteiger partial charge in [-0.3, -0.25) is 9.59 Å². The zero-order chi connectivity index (χ0) is 15.5. The molecule has 122 valence electrons. The Kier molecular flexibility index (Phi) is 5.58. The zero-order valence-electron chi connectivity index (χ0n) is 12.7. The van der Waals surface area contributed by atoms with E-state index in [-0.39, 0.29) is 42.4 Å². The predicted octanol–water partition coefficient (Wildman–Crippen LogP) is 1.22. The Morgan fingerprint density at radius 3 is 2.48 bits per heavy atom. The molecule has 1 saturated heterocycles. The van der Waals surface area contributed by atoms with Gasteiger partial charge in [-0.1, -0.05) is 36.4 Å². The summed E-state index contributed by atoms with van der Waals surface area (Å²) in [4.78, 5) is 25.8. The fraction of sp³-hybridized carbons (Fsp3) is 0.294. The van der Waals surface area contributed by atoms with Gasteiger partial charge in [0.05, 0.1) is 0 Å².